The molecule has 1 saturated heterocycles. The fourth-order valence-electron chi connectivity index (χ4n) is 4.91. The van der Waals surface area contributed by atoms with E-state index in [1.165, 1.54) is 17.2 Å². The van der Waals surface area contributed by atoms with E-state index in [1.54, 1.807) is 30.0 Å². The van der Waals surface area contributed by atoms with Gasteiger partial charge in [0.15, 0.2) is 11.6 Å². The third-order valence-corrected chi connectivity index (χ3v) is 7.07. The molecule has 4 amide bonds. The summed E-state index contributed by atoms with van der Waals surface area (Å²) >= 11 is 6.23. The highest BCUT2D eigenvalue weighted by Crippen LogP contribution is 2.45. The van der Waals surface area contributed by atoms with Gasteiger partial charge in [0.1, 0.15) is 11.5 Å². The Bertz CT molecular complexity index is 1520. The van der Waals surface area contributed by atoms with Crippen molar-refractivity contribution < 1.29 is 18.4 Å². The zero-order chi connectivity index (χ0) is 29.1. The van der Waals surface area contributed by atoms with Gasteiger partial charge >= 0.3 is 12.1 Å². The van der Waals surface area contributed by atoms with Crippen molar-refractivity contribution in [3.05, 3.63) is 64.8 Å². The van der Waals surface area contributed by atoms with Crippen LogP contribution in [0, 0.1) is 23.0 Å². The summed E-state index contributed by atoms with van der Waals surface area (Å²) in [5.41, 5.74) is 0.895. The molecule has 3 aromatic rings. The van der Waals surface area contributed by atoms with Crippen LogP contribution >= 0.6 is 11.6 Å². The Labute approximate surface area is 240 Å². The third kappa shape index (κ3) is 5.59. The first-order valence-corrected chi connectivity index (χ1v) is 13.5. The molecule has 0 saturated carbocycles. The molecule has 0 spiro atoms. The molecular weight excluding hydrogens is 554 g/mol. The molecule has 5 rings (SSSR count). The Balaban J connectivity index is 1.41. The Hall–Kier alpha value is -4.47. The number of nitrogens with zero attached hydrogens (tertiary/aromatic N) is 5. The molecule has 1 fully saturated rings. The molecule has 3 heterocycles. The van der Waals surface area contributed by atoms with Crippen molar-refractivity contribution in [1.82, 2.24) is 20.5 Å². The topological polar surface area (TPSA) is 117 Å². The number of hydrogen-bond donors (Lipinski definition) is 3. The van der Waals surface area contributed by atoms with Gasteiger partial charge in [-0.1, -0.05) is 17.7 Å². The van der Waals surface area contributed by atoms with E-state index >= 15 is 8.78 Å². The van der Waals surface area contributed by atoms with Gasteiger partial charge in [-0.05, 0) is 37.3 Å². The summed E-state index contributed by atoms with van der Waals surface area (Å²) in [4.78, 5) is 33.8. The summed E-state index contributed by atoms with van der Waals surface area (Å²) in [6.45, 7) is 5.18. The van der Waals surface area contributed by atoms with Crippen LogP contribution in [0.1, 0.15) is 12.5 Å². The van der Waals surface area contributed by atoms with Crippen molar-refractivity contribution in [2.75, 3.05) is 60.9 Å². The largest absolute Gasteiger partial charge is 0.384 e. The Morgan fingerprint density at radius 2 is 1.88 bits per heavy atom. The Morgan fingerprint density at radius 3 is 2.56 bits per heavy atom. The van der Waals surface area contributed by atoms with Crippen molar-refractivity contribution in [3.63, 3.8) is 0 Å². The fourth-order valence-corrected chi connectivity index (χ4v) is 5.07. The van der Waals surface area contributed by atoms with Gasteiger partial charge in [-0.25, -0.2) is 23.4 Å². The lowest BCUT2D eigenvalue weighted by Gasteiger charge is -2.28. The van der Waals surface area contributed by atoms with Gasteiger partial charge in [-0.3, -0.25) is 9.80 Å². The van der Waals surface area contributed by atoms with E-state index < -0.39 is 23.4 Å². The van der Waals surface area contributed by atoms with E-state index in [9.17, 15) is 14.9 Å². The molecule has 41 heavy (non-hydrogen) atoms. The van der Waals surface area contributed by atoms with Crippen molar-refractivity contribution in [3.8, 4) is 17.2 Å². The van der Waals surface area contributed by atoms with Crippen LogP contribution in [0.15, 0.2) is 42.6 Å². The first kappa shape index (κ1) is 28.1. The second kappa shape index (κ2) is 12.0. The van der Waals surface area contributed by atoms with Crippen LogP contribution in [0.3, 0.4) is 0 Å². The van der Waals surface area contributed by atoms with Crippen molar-refractivity contribution in [2.45, 2.75) is 6.92 Å². The monoisotopic (exact) mass is 580 g/mol. The SMILES string of the molecule is CCN1C(=O)N(c2c(F)cc(NCCNCCN3CCNC3=O)cc2F)c2cc(C#N)ccc2-c2cc(Cl)cnc21. The molecule has 10 nitrogen and oxygen atoms in total. The van der Waals surface area contributed by atoms with Crippen molar-refractivity contribution in [1.29, 1.82) is 5.26 Å². The quantitative estimate of drug-likeness (QED) is 0.317. The minimum atomic E-state index is -0.963. The predicted molar refractivity (Wildman–Crippen MR) is 153 cm³/mol. The van der Waals surface area contributed by atoms with Crippen LogP contribution in [0.4, 0.5) is 41.2 Å². The molecule has 0 atom stereocenters. The maximum absolute atomic E-state index is 15.7. The summed E-state index contributed by atoms with van der Waals surface area (Å²) < 4.78 is 31.4. The summed E-state index contributed by atoms with van der Waals surface area (Å²) in [6.07, 6.45) is 1.40. The van der Waals surface area contributed by atoms with Gasteiger partial charge in [-0.15, -0.1) is 0 Å². The molecular formula is C28H27ClF2N8O2. The predicted octanol–water partition coefficient (Wildman–Crippen LogP) is 4.68. The van der Waals surface area contributed by atoms with Crippen LogP contribution in [0.2, 0.25) is 5.02 Å². The first-order chi connectivity index (χ1) is 19.8. The normalized spacial score (nSPS) is 14.4. The molecule has 3 N–H and O–H groups in total. The van der Waals surface area contributed by atoms with E-state index in [-0.39, 0.29) is 35.3 Å². The summed E-state index contributed by atoms with van der Waals surface area (Å²) in [5, 5.41) is 18.8. The van der Waals surface area contributed by atoms with Crippen molar-refractivity contribution in [2.24, 2.45) is 0 Å². The number of amides is 4. The number of halogens is 3. The minimum Gasteiger partial charge on any atom is -0.384 e. The smallest absolute Gasteiger partial charge is 0.334 e. The number of carbonyl (C=O) groups is 2. The highest BCUT2D eigenvalue weighted by Gasteiger charge is 2.36. The van der Waals surface area contributed by atoms with E-state index in [0.29, 0.717) is 55.4 Å². The lowest BCUT2D eigenvalue weighted by Crippen LogP contribution is -2.41. The number of benzene rings is 2. The number of urea groups is 2. The summed E-state index contributed by atoms with van der Waals surface area (Å²) in [7, 11) is 0. The summed E-state index contributed by atoms with van der Waals surface area (Å²) in [5.74, 6) is -1.64. The number of rotatable bonds is 9. The van der Waals surface area contributed by atoms with Gasteiger partial charge in [0.05, 0.1) is 22.3 Å². The van der Waals surface area contributed by atoms with Crippen LogP contribution in [-0.2, 0) is 0 Å². The Kier molecular flexibility index (Phi) is 8.19. The standard InChI is InChI=1S/C28H27ClF2N8O2/c1-2-38-26-21(12-18(29)16-36-26)20-4-3-17(15-32)11-24(20)39(28(38)41)25-22(30)13-19(14-23(25)31)34-6-5-33-7-9-37-10-8-35-27(37)40/h3-4,11-14,16,33-34H,2,5-10H2,1H3,(H,35,40). The summed E-state index contributed by atoms with van der Waals surface area (Å²) in [6, 6.07) is 9.66. The van der Waals surface area contributed by atoms with Gasteiger partial charge in [0.25, 0.3) is 0 Å². The molecule has 0 unspecified atom stereocenters. The second-order valence-electron chi connectivity index (χ2n) is 9.41. The Morgan fingerprint density at radius 1 is 1.10 bits per heavy atom. The zero-order valence-corrected chi connectivity index (χ0v) is 22.9. The van der Waals surface area contributed by atoms with E-state index in [1.807, 2.05) is 6.07 Å². The van der Waals surface area contributed by atoms with E-state index in [4.69, 9.17) is 11.6 Å². The number of fused-ring (bicyclic) bond motifs is 3. The molecule has 0 aliphatic carbocycles. The molecule has 13 heteroatoms. The average Bonchev–Trinajstić information content (AvgIpc) is 3.33. The third-order valence-electron chi connectivity index (χ3n) is 6.86. The average molecular weight is 581 g/mol. The molecule has 2 aliphatic rings. The van der Waals surface area contributed by atoms with E-state index in [2.05, 4.69) is 20.9 Å². The highest BCUT2D eigenvalue weighted by molar-refractivity contribution is 6.31. The van der Waals surface area contributed by atoms with Crippen molar-refractivity contribution >= 4 is 46.5 Å². The maximum Gasteiger partial charge on any atom is 0.334 e. The highest BCUT2D eigenvalue weighted by atomic mass is 35.5. The van der Waals surface area contributed by atoms with Gasteiger partial charge in [0.2, 0.25) is 0 Å². The lowest BCUT2D eigenvalue weighted by molar-refractivity contribution is 0.217. The van der Waals surface area contributed by atoms with E-state index in [0.717, 1.165) is 17.0 Å². The molecule has 0 bridgehead atoms. The zero-order valence-electron chi connectivity index (χ0n) is 22.2. The molecule has 2 aromatic carbocycles. The van der Waals surface area contributed by atoms with Crippen LogP contribution in [0.5, 0.6) is 0 Å². The minimum absolute atomic E-state index is 0.0867. The molecule has 0 radical (unpaired) electrons. The molecule has 212 valence electrons. The number of anilines is 4. The van der Waals surface area contributed by atoms with Crippen LogP contribution < -0.4 is 25.8 Å². The number of pyridine rings is 1. The van der Waals surface area contributed by atoms with Gasteiger partial charge < -0.3 is 20.9 Å². The number of aromatic nitrogens is 1. The fraction of sp³-hybridized carbons (Fsp3) is 0.286. The first-order valence-electron chi connectivity index (χ1n) is 13.1. The number of nitrogens with one attached hydrogen (secondary N) is 3. The molecule has 1 aromatic heterocycles. The van der Waals surface area contributed by atoms with Crippen LogP contribution in [-0.4, -0.2) is 67.8 Å². The number of hydrogen-bond acceptors (Lipinski definition) is 6. The second-order valence-corrected chi connectivity index (χ2v) is 9.85. The van der Waals surface area contributed by atoms with Crippen LogP contribution in [0.25, 0.3) is 11.1 Å². The number of carbonyl (C=O) groups excluding carboxylic acids is 2. The molecule has 2 aliphatic heterocycles. The van der Waals surface area contributed by atoms with Gasteiger partial charge in [-0.2, -0.15) is 5.26 Å². The number of nitriles is 1. The maximum atomic E-state index is 15.7. The van der Waals surface area contributed by atoms with Gasteiger partial charge in [0, 0.05) is 68.8 Å². The lowest BCUT2D eigenvalue weighted by atomic mass is 10.0.